The molecule has 0 amide bonds. The number of hydrogen-bond acceptors (Lipinski definition) is 12. The van der Waals surface area contributed by atoms with Crippen molar-refractivity contribution in [1.82, 2.24) is 5.16 Å². The van der Waals surface area contributed by atoms with Gasteiger partial charge in [-0.05, 0) is 121 Å². The zero-order chi connectivity index (χ0) is 43.0. The minimum atomic E-state index is -4.31. The molecule has 1 heterocycles. The van der Waals surface area contributed by atoms with Gasteiger partial charge in [-0.2, -0.15) is 0 Å². The quantitative estimate of drug-likeness (QED) is 0.163. The Morgan fingerprint density at radius 3 is 2.31 bits per heavy atom. The van der Waals surface area contributed by atoms with E-state index in [1.54, 1.807) is 6.07 Å². The fraction of sp³-hybridized carbons (Fsp3) is 0.689. The van der Waals surface area contributed by atoms with E-state index in [-0.39, 0.29) is 98.7 Å². The van der Waals surface area contributed by atoms with Gasteiger partial charge in [0.1, 0.15) is 11.9 Å². The molecule has 9 atom stereocenters. The molecule has 1 aromatic carbocycles. The van der Waals surface area contributed by atoms with E-state index >= 15 is 0 Å². The molecule has 0 aliphatic heterocycles. The molecule has 59 heavy (non-hydrogen) atoms. The SMILES string of the molecule is COC(=O)[C@@]1(C)CC[C@]2(C)CC[C@]3(C)C(=CC(=O)[C@@H]4[C@@]5(C)CC[C@H](OC(=O)CCC(=O)CCOc6no[n+]([O-])c6S(=O)(=O)c6ccccc6)C(C)(C)[C@@H]5CC[C@]43C)[C@@H]2C1. The number of carbonyl (C=O) groups excluding carboxylic acids is 4. The van der Waals surface area contributed by atoms with E-state index in [0.29, 0.717) is 12.8 Å². The van der Waals surface area contributed by atoms with Gasteiger partial charge in [-0.1, -0.05) is 65.3 Å². The first-order valence-electron chi connectivity index (χ1n) is 21.2. The highest BCUT2D eigenvalue weighted by atomic mass is 32.2. The monoisotopic (exact) mass is 836 g/mol. The van der Waals surface area contributed by atoms with Crippen molar-refractivity contribution in [3.8, 4) is 5.88 Å². The summed E-state index contributed by atoms with van der Waals surface area (Å²) in [7, 11) is -2.84. The molecule has 4 fully saturated rings. The maximum atomic E-state index is 14.8. The zero-order valence-electron chi connectivity index (χ0n) is 35.8. The maximum absolute atomic E-state index is 14.8. The van der Waals surface area contributed by atoms with Gasteiger partial charge in [-0.15, -0.1) is 0 Å². The number of carbonyl (C=O) groups is 4. The Hall–Kier alpha value is -4.07. The number of esters is 2. The Balaban J connectivity index is 0.987. The van der Waals surface area contributed by atoms with Crippen LogP contribution in [0.25, 0.3) is 0 Å². The van der Waals surface area contributed by atoms with Gasteiger partial charge in [0.2, 0.25) is 0 Å². The topological polar surface area (TPSA) is 183 Å². The second-order valence-electron chi connectivity index (χ2n) is 20.1. The second-order valence-corrected chi connectivity index (χ2v) is 21.9. The number of allylic oxidation sites excluding steroid dienone is 2. The van der Waals surface area contributed by atoms with Crippen molar-refractivity contribution in [3.63, 3.8) is 0 Å². The first kappa shape index (κ1) is 43.0. The van der Waals surface area contributed by atoms with Gasteiger partial charge in [0.05, 0.1) is 35.6 Å². The number of sulfone groups is 1. The molecule has 4 saturated carbocycles. The van der Waals surface area contributed by atoms with Crippen LogP contribution >= 0.6 is 0 Å². The largest absolute Gasteiger partial charge is 0.469 e. The number of aromatic nitrogens is 2. The van der Waals surface area contributed by atoms with Crippen LogP contribution < -0.4 is 9.64 Å². The molecule has 0 unspecified atom stereocenters. The van der Waals surface area contributed by atoms with Crippen molar-refractivity contribution >= 4 is 33.3 Å². The van der Waals surface area contributed by atoms with Gasteiger partial charge >= 0.3 is 22.8 Å². The molecule has 0 bridgehead atoms. The number of fused-ring (bicyclic) bond motifs is 7. The Morgan fingerprint density at radius 1 is 0.915 bits per heavy atom. The lowest BCUT2D eigenvalue weighted by molar-refractivity contribution is -0.832. The summed E-state index contributed by atoms with van der Waals surface area (Å²) in [6.45, 7) is 15.4. The third kappa shape index (κ3) is 6.83. The summed E-state index contributed by atoms with van der Waals surface area (Å²) in [5.74, 6) is -1.25. The van der Waals surface area contributed by atoms with Crippen molar-refractivity contribution in [2.75, 3.05) is 13.7 Å². The van der Waals surface area contributed by atoms with Crippen LogP contribution in [0.1, 0.15) is 126 Å². The van der Waals surface area contributed by atoms with Crippen molar-refractivity contribution in [2.45, 2.75) is 142 Å². The summed E-state index contributed by atoms with van der Waals surface area (Å²) >= 11 is 0. The molecular weight excluding hydrogens is 777 g/mol. The maximum Gasteiger partial charge on any atom is 0.414 e. The zero-order valence-corrected chi connectivity index (χ0v) is 36.6. The molecule has 13 nitrogen and oxygen atoms in total. The molecule has 0 N–H and O–H groups in total. The number of ketones is 2. The Morgan fingerprint density at radius 2 is 1.61 bits per heavy atom. The lowest BCUT2D eigenvalue weighted by Gasteiger charge is -2.70. The van der Waals surface area contributed by atoms with Crippen molar-refractivity contribution in [2.24, 2.45) is 50.2 Å². The Bertz CT molecular complexity index is 2160. The molecule has 322 valence electrons. The highest BCUT2D eigenvalue weighted by molar-refractivity contribution is 7.91. The molecule has 0 radical (unpaired) electrons. The number of Topliss-reactive ketones (excluding diaryl/α,β-unsaturated/α-hetero) is 1. The van der Waals surface area contributed by atoms with Gasteiger partial charge in [0.15, 0.2) is 5.78 Å². The van der Waals surface area contributed by atoms with Crippen molar-refractivity contribution < 1.29 is 51.3 Å². The Kier molecular flexibility index (Phi) is 10.8. The van der Waals surface area contributed by atoms with Crippen LogP contribution in [0.3, 0.4) is 0 Å². The van der Waals surface area contributed by atoms with Crippen LogP contribution in [0.2, 0.25) is 0 Å². The standard InChI is InChI=1S/C45H60N2O11S/c1-40(2)33-16-20-45(7)36(32(49)26-30-31-27-42(4,39(51)55-8)22-21-41(31,3)23-24-44(30,45)6)43(33,5)19-17-34(40)57-35(50)15-14-28(48)18-25-56-37-38(47(52)58-46-37)59(53,54)29-12-10-9-11-13-29/h9-13,26,31,33-34,36H,14-25,27H2,1-8H3/t31-,33-,34-,36+,41+,42-,43-,44+,45+/m0/s1. The lowest BCUT2D eigenvalue weighted by Crippen LogP contribution is -2.66. The molecule has 14 heteroatoms. The fourth-order valence-electron chi connectivity index (χ4n) is 12.9. The van der Waals surface area contributed by atoms with E-state index < -0.39 is 37.5 Å². The summed E-state index contributed by atoms with van der Waals surface area (Å²) in [4.78, 5) is 53.5. The van der Waals surface area contributed by atoms with Crippen molar-refractivity contribution in [1.29, 1.82) is 0 Å². The van der Waals surface area contributed by atoms with E-state index in [1.165, 1.54) is 36.9 Å². The molecule has 7 rings (SSSR count). The van der Waals surface area contributed by atoms with Crippen LogP contribution in [0, 0.1) is 55.5 Å². The number of rotatable bonds is 11. The molecule has 2 aromatic rings. The van der Waals surface area contributed by atoms with Crippen molar-refractivity contribution in [3.05, 3.63) is 47.2 Å². The summed E-state index contributed by atoms with van der Waals surface area (Å²) in [6, 6.07) is 7.29. The predicted molar refractivity (Wildman–Crippen MR) is 213 cm³/mol. The molecule has 0 spiro atoms. The molecule has 1 aromatic heterocycles. The first-order chi connectivity index (χ1) is 27.6. The van der Waals surface area contributed by atoms with E-state index in [9.17, 15) is 32.8 Å². The predicted octanol–water partition coefficient (Wildman–Crippen LogP) is 7.32. The minimum absolute atomic E-state index is 0.0314. The number of ether oxygens (including phenoxy) is 3. The number of benzene rings is 1. The average molecular weight is 837 g/mol. The van der Waals surface area contributed by atoms with Gasteiger partial charge in [-0.3, -0.25) is 23.8 Å². The normalized spacial score (nSPS) is 36.1. The van der Waals surface area contributed by atoms with E-state index in [1.807, 2.05) is 13.0 Å². The van der Waals surface area contributed by atoms with Crippen LogP contribution in [-0.2, 0) is 38.5 Å². The molecular formula is C45H60N2O11S. The number of hydrogen-bond donors (Lipinski definition) is 0. The molecule has 5 aliphatic rings. The number of nitrogens with zero attached hydrogens (tertiary/aromatic N) is 2. The second kappa shape index (κ2) is 14.8. The molecule has 0 saturated heterocycles. The highest BCUT2D eigenvalue weighted by Gasteiger charge is 2.70. The summed E-state index contributed by atoms with van der Waals surface area (Å²) in [6.07, 6.45) is 8.80. The van der Waals surface area contributed by atoms with E-state index in [2.05, 4.69) is 51.3 Å². The third-order valence-electron chi connectivity index (χ3n) is 16.5. The summed E-state index contributed by atoms with van der Waals surface area (Å²) < 4.78 is 47.4. The van der Waals surface area contributed by atoms with Crippen LogP contribution in [-0.4, -0.2) is 56.9 Å². The fourth-order valence-corrected chi connectivity index (χ4v) is 14.2. The Labute approximate surface area is 347 Å². The average Bonchev–Trinajstić information content (AvgIpc) is 3.57. The van der Waals surface area contributed by atoms with Gasteiger partial charge in [0.25, 0.3) is 9.84 Å². The van der Waals surface area contributed by atoms with Gasteiger partial charge in [-0.25, -0.2) is 8.42 Å². The number of methoxy groups -OCH3 is 1. The first-order valence-corrected chi connectivity index (χ1v) is 22.6. The van der Waals surface area contributed by atoms with Gasteiger partial charge in [0, 0.05) is 24.2 Å². The van der Waals surface area contributed by atoms with Crippen LogP contribution in [0.15, 0.2) is 56.5 Å². The van der Waals surface area contributed by atoms with Gasteiger partial charge < -0.3 is 19.4 Å². The highest BCUT2D eigenvalue weighted by Crippen LogP contribution is 2.75. The van der Waals surface area contributed by atoms with E-state index in [0.717, 1.165) is 44.9 Å². The summed E-state index contributed by atoms with van der Waals surface area (Å²) in [5, 5.41) is 14.8. The smallest absolute Gasteiger partial charge is 0.414 e. The third-order valence-corrected chi connectivity index (χ3v) is 18.3. The molecule has 5 aliphatic carbocycles. The van der Waals surface area contributed by atoms with Crippen LogP contribution in [0.4, 0.5) is 0 Å². The van der Waals surface area contributed by atoms with Crippen LogP contribution in [0.5, 0.6) is 5.88 Å². The summed E-state index contributed by atoms with van der Waals surface area (Å²) in [5.41, 5.74) is -0.526. The van der Waals surface area contributed by atoms with E-state index in [4.69, 9.17) is 14.2 Å². The minimum Gasteiger partial charge on any atom is -0.469 e. The lowest BCUT2D eigenvalue weighted by atomic mass is 9.33.